The summed E-state index contributed by atoms with van der Waals surface area (Å²) >= 11 is 1.47. The molecular formula is C28H28F3N5O2S. The van der Waals surface area contributed by atoms with Crippen LogP contribution in [0.2, 0.25) is 0 Å². The van der Waals surface area contributed by atoms with Gasteiger partial charge in [-0.2, -0.15) is 13.2 Å². The van der Waals surface area contributed by atoms with E-state index < -0.39 is 17.6 Å². The molecule has 3 aromatic carbocycles. The van der Waals surface area contributed by atoms with Crippen molar-refractivity contribution in [3.63, 3.8) is 0 Å². The van der Waals surface area contributed by atoms with Crippen LogP contribution in [0.1, 0.15) is 38.3 Å². The van der Waals surface area contributed by atoms with Gasteiger partial charge in [0.2, 0.25) is 0 Å². The summed E-state index contributed by atoms with van der Waals surface area (Å²) in [6, 6.07) is 14.4. The lowest BCUT2D eigenvalue weighted by atomic mass is 10.1. The highest BCUT2D eigenvalue weighted by Gasteiger charge is 2.30. The molecule has 0 aliphatic rings. The lowest BCUT2D eigenvalue weighted by molar-refractivity contribution is -0.137. The Morgan fingerprint density at radius 3 is 2.44 bits per heavy atom. The van der Waals surface area contributed by atoms with Gasteiger partial charge >= 0.3 is 6.18 Å². The van der Waals surface area contributed by atoms with Crippen molar-refractivity contribution in [2.75, 3.05) is 43.1 Å². The Hall–Kier alpha value is -3.96. The van der Waals surface area contributed by atoms with Gasteiger partial charge in [0.15, 0.2) is 5.13 Å². The summed E-state index contributed by atoms with van der Waals surface area (Å²) in [5.74, 6) is -1.03. The monoisotopic (exact) mass is 555 g/mol. The Bertz CT molecular complexity index is 1500. The molecule has 0 bridgehead atoms. The van der Waals surface area contributed by atoms with Gasteiger partial charge in [0.1, 0.15) is 0 Å². The number of halogens is 3. The summed E-state index contributed by atoms with van der Waals surface area (Å²) in [7, 11) is 4.05. The number of fused-ring (bicyclic) bond motifs is 1. The number of anilines is 3. The molecule has 3 N–H and O–H groups in total. The molecule has 0 atom stereocenters. The minimum atomic E-state index is -4.55. The van der Waals surface area contributed by atoms with Crippen LogP contribution in [-0.4, -0.2) is 48.9 Å². The predicted molar refractivity (Wildman–Crippen MR) is 150 cm³/mol. The minimum absolute atomic E-state index is 0.125. The molecule has 204 valence electrons. The van der Waals surface area contributed by atoms with Crippen molar-refractivity contribution in [2.45, 2.75) is 19.5 Å². The Balaban J connectivity index is 1.44. The fourth-order valence-electron chi connectivity index (χ4n) is 3.80. The molecule has 2 amide bonds. The standard InChI is InChI=1S/C28H28F3N5O2S/c1-17-8-10-21(33-25(37)18-6-4-7-20(14-18)28(29,30)31)16-23(17)34-26(38)19-9-11-22-24(15-19)39-27(35-22)32-12-5-13-36(2)3/h4,6-11,14-16H,5,12-13H2,1-3H3,(H,32,35)(H,33,37)(H,34,38). The fourth-order valence-corrected chi connectivity index (χ4v) is 4.73. The molecule has 4 aromatic rings. The third-order valence-electron chi connectivity index (χ3n) is 5.90. The normalized spacial score (nSPS) is 11.6. The van der Waals surface area contributed by atoms with Crippen LogP contribution in [0.15, 0.2) is 60.7 Å². The number of hydrogen-bond donors (Lipinski definition) is 3. The summed E-state index contributed by atoms with van der Waals surface area (Å²) in [5.41, 5.74) is 1.77. The molecule has 0 radical (unpaired) electrons. The maximum absolute atomic E-state index is 13.0. The lowest BCUT2D eigenvalue weighted by Gasteiger charge is -2.13. The second kappa shape index (κ2) is 11.8. The average Bonchev–Trinajstić information content (AvgIpc) is 3.30. The second-order valence-corrected chi connectivity index (χ2v) is 10.3. The molecule has 39 heavy (non-hydrogen) atoms. The number of amides is 2. The molecular weight excluding hydrogens is 527 g/mol. The lowest BCUT2D eigenvalue weighted by Crippen LogP contribution is -2.16. The zero-order chi connectivity index (χ0) is 28.2. The van der Waals surface area contributed by atoms with Gasteiger partial charge in [0, 0.05) is 29.0 Å². The molecule has 0 saturated heterocycles. The van der Waals surface area contributed by atoms with E-state index >= 15 is 0 Å². The topological polar surface area (TPSA) is 86.4 Å². The van der Waals surface area contributed by atoms with Crippen LogP contribution in [0.25, 0.3) is 10.2 Å². The van der Waals surface area contributed by atoms with Crippen molar-refractivity contribution in [1.82, 2.24) is 9.88 Å². The van der Waals surface area contributed by atoms with Crippen LogP contribution in [0.4, 0.5) is 29.7 Å². The number of carbonyl (C=O) groups is 2. The largest absolute Gasteiger partial charge is 0.416 e. The van der Waals surface area contributed by atoms with Gasteiger partial charge in [-0.15, -0.1) is 0 Å². The number of aryl methyl sites for hydroxylation is 1. The molecule has 4 rings (SSSR count). The summed E-state index contributed by atoms with van der Waals surface area (Å²) in [6.07, 6.45) is -3.57. The molecule has 0 spiro atoms. The molecule has 11 heteroatoms. The Morgan fingerprint density at radius 2 is 1.69 bits per heavy atom. The molecule has 0 aliphatic carbocycles. The highest BCUT2D eigenvalue weighted by molar-refractivity contribution is 7.22. The molecule has 1 heterocycles. The van der Waals surface area contributed by atoms with E-state index in [0.717, 1.165) is 52.6 Å². The van der Waals surface area contributed by atoms with Crippen molar-refractivity contribution in [3.05, 3.63) is 82.9 Å². The number of aromatic nitrogens is 1. The van der Waals surface area contributed by atoms with E-state index in [0.29, 0.717) is 16.9 Å². The van der Waals surface area contributed by atoms with Crippen LogP contribution >= 0.6 is 11.3 Å². The summed E-state index contributed by atoms with van der Waals surface area (Å²) in [5, 5.41) is 9.57. The van der Waals surface area contributed by atoms with E-state index in [9.17, 15) is 22.8 Å². The van der Waals surface area contributed by atoms with Crippen LogP contribution in [0.3, 0.4) is 0 Å². The maximum atomic E-state index is 13.0. The van der Waals surface area contributed by atoms with Gasteiger partial charge in [-0.25, -0.2) is 4.98 Å². The van der Waals surface area contributed by atoms with E-state index in [1.54, 1.807) is 43.3 Å². The fraction of sp³-hybridized carbons (Fsp3) is 0.250. The zero-order valence-electron chi connectivity index (χ0n) is 21.6. The molecule has 0 aliphatic heterocycles. The average molecular weight is 556 g/mol. The first-order valence-electron chi connectivity index (χ1n) is 12.2. The third-order valence-corrected chi connectivity index (χ3v) is 6.88. The van der Waals surface area contributed by atoms with Gasteiger partial charge in [0.05, 0.1) is 15.8 Å². The molecule has 1 aromatic heterocycles. The van der Waals surface area contributed by atoms with E-state index in [4.69, 9.17) is 0 Å². The van der Waals surface area contributed by atoms with Gasteiger partial charge < -0.3 is 20.9 Å². The first kappa shape index (κ1) is 28.1. The SMILES string of the molecule is Cc1ccc(NC(=O)c2cccc(C(F)(F)F)c2)cc1NC(=O)c1ccc2nc(NCCCN(C)C)sc2c1. The van der Waals surface area contributed by atoms with E-state index in [1.165, 1.54) is 23.5 Å². The third kappa shape index (κ3) is 7.33. The molecule has 7 nitrogen and oxygen atoms in total. The summed E-state index contributed by atoms with van der Waals surface area (Å²) < 4.78 is 39.9. The Kier molecular flexibility index (Phi) is 8.51. The van der Waals surface area contributed by atoms with Crippen molar-refractivity contribution >= 4 is 49.9 Å². The summed E-state index contributed by atoms with van der Waals surface area (Å²) in [4.78, 5) is 32.3. The van der Waals surface area contributed by atoms with Crippen molar-refractivity contribution < 1.29 is 22.8 Å². The van der Waals surface area contributed by atoms with Crippen LogP contribution in [-0.2, 0) is 6.18 Å². The van der Waals surface area contributed by atoms with Gasteiger partial charge in [-0.1, -0.05) is 23.5 Å². The van der Waals surface area contributed by atoms with Crippen LogP contribution in [0, 0.1) is 6.92 Å². The maximum Gasteiger partial charge on any atom is 0.416 e. The Morgan fingerprint density at radius 1 is 0.949 bits per heavy atom. The highest BCUT2D eigenvalue weighted by atomic mass is 32.1. The van der Waals surface area contributed by atoms with Crippen LogP contribution in [0.5, 0.6) is 0 Å². The van der Waals surface area contributed by atoms with Crippen LogP contribution < -0.4 is 16.0 Å². The minimum Gasteiger partial charge on any atom is -0.361 e. The van der Waals surface area contributed by atoms with Crippen molar-refractivity contribution in [1.29, 1.82) is 0 Å². The Labute approximate surface area is 228 Å². The molecule has 0 fully saturated rings. The van der Waals surface area contributed by atoms with Crippen molar-refractivity contribution in [3.8, 4) is 0 Å². The number of benzene rings is 3. The van der Waals surface area contributed by atoms with Gasteiger partial charge in [0.25, 0.3) is 11.8 Å². The first-order valence-corrected chi connectivity index (χ1v) is 13.0. The number of carbonyl (C=O) groups excluding carboxylic acids is 2. The van der Waals surface area contributed by atoms with E-state index in [-0.39, 0.29) is 11.5 Å². The van der Waals surface area contributed by atoms with E-state index in [2.05, 4.69) is 25.8 Å². The number of hydrogen-bond acceptors (Lipinski definition) is 6. The summed E-state index contributed by atoms with van der Waals surface area (Å²) in [6.45, 7) is 3.57. The smallest absolute Gasteiger partial charge is 0.361 e. The number of thiazole rings is 1. The number of rotatable bonds is 9. The highest BCUT2D eigenvalue weighted by Crippen LogP contribution is 2.30. The number of nitrogens with zero attached hydrogens (tertiary/aromatic N) is 2. The predicted octanol–water partition coefficient (Wildman–Crippen LogP) is 6.49. The zero-order valence-corrected chi connectivity index (χ0v) is 22.5. The quantitative estimate of drug-likeness (QED) is 0.206. The van der Waals surface area contributed by atoms with E-state index in [1.807, 2.05) is 14.1 Å². The molecule has 0 unspecified atom stereocenters. The van der Waals surface area contributed by atoms with Crippen molar-refractivity contribution in [2.24, 2.45) is 0 Å². The van der Waals surface area contributed by atoms with Gasteiger partial charge in [-0.05, 0) is 88.1 Å². The van der Waals surface area contributed by atoms with Gasteiger partial charge in [-0.3, -0.25) is 9.59 Å². The first-order chi connectivity index (χ1) is 18.5. The number of nitrogens with one attached hydrogen (secondary N) is 3. The number of alkyl halides is 3. The molecule has 0 saturated carbocycles. The second-order valence-electron chi connectivity index (χ2n) is 9.30.